The van der Waals surface area contributed by atoms with Gasteiger partial charge in [0, 0.05) is 40.4 Å². The summed E-state index contributed by atoms with van der Waals surface area (Å²) in [4.78, 5) is 0. The first-order chi connectivity index (χ1) is 10.3. The Balaban J connectivity index is 1.80. The van der Waals surface area contributed by atoms with E-state index in [0.717, 1.165) is 29.7 Å². The summed E-state index contributed by atoms with van der Waals surface area (Å²) >= 11 is 3.61. The van der Waals surface area contributed by atoms with Crippen molar-refractivity contribution >= 4 is 32.4 Å². The zero-order valence-corrected chi connectivity index (χ0v) is 13.6. The topological polar surface area (TPSA) is 29.9 Å². The van der Waals surface area contributed by atoms with E-state index in [2.05, 4.69) is 75.9 Å². The Bertz CT molecular complexity index is 749. The molecule has 0 atom stereocenters. The molecule has 3 aromatic rings. The summed E-state index contributed by atoms with van der Waals surface area (Å²) in [5.74, 6) is 0. The molecule has 0 radical (unpaired) electrons. The van der Waals surface area contributed by atoms with Crippen LogP contribution in [-0.4, -0.2) is 9.78 Å². The van der Waals surface area contributed by atoms with Crippen molar-refractivity contribution in [2.75, 3.05) is 5.32 Å². The molecule has 0 spiro atoms. The number of hydrogen-bond donors (Lipinski definition) is 1. The lowest BCUT2D eigenvalue weighted by molar-refractivity contribution is 0.602. The lowest BCUT2D eigenvalue weighted by atomic mass is 10.1. The molecule has 3 nitrogen and oxygen atoms in total. The van der Waals surface area contributed by atoms with Gasteiger partial charge in [-0.2, -0.15) is 5.10 Å². The quantitative estimate of drug-likeness (QED) is 0.719. The Morgan fingerprint density at radius 3 is 2.76 bits per heavy atom. The fourth-order valence-electron chi connectivity index (χ4n) is 2.46. The third kappa shape index (κ3) is 3.10. The normalized spacial score (nSPS) is 11.0. The average Bonchev–Trinajstić information content (AvgIpc) is 2.95. The smallest absolute Gasteiger partial charge is 0.0539 e. The van der Waals surface area contributed by atoms with Crippen molar-refractivity contribution in [1.29, 1.82) is 0 Å². The largest absolute Gasteiger partial charge is 0.380 e. The molecule has 0 aliphatic heterocycles. The van der Waals surface area contributed by atoms with Gasteiger partial charge in [-0.05, 0) is 23.9 Å². The molecule has 0 aliphatic carbocycles. The minimum Gasteiger partial charge on any atom is -0.380 e. The summed E-state index contributed by atoms with van der Waals surface area (Å²) in [5, 5.41) is 10.3. The number of aryl methyl sites for hydroxylation is 1. The van der Waals surface area contributed by atoms with Gasteiger partial charge in [0.2, 0.25) is 0 Å². The van der Waals surface area contributed by atoms with Gasteiger partial charge in [-0.1, -0.05) is 47.1 Å². The minimum absolute atomic E-state index is 0.787. The SMILES string of the molecule is CCCn1cc(CNc2ccc(Br)c3ccccc23)cn1. The van der Waals surface area contributed by atoms with Crippen LogP contribution in [0.25, 0.3) is 10.8 Å². The number of halogens is 1. The number of nitrogens with zero attached hydrogens (tertiary/aromatic N) is 2. The summed E-state index contributed by atoms with van der Waals surface area (Å²) in [6, 6.07) is 12.6. The van der Waals surface area contributed by atoms with E-state index in [0.29, 0.717) is 0 Å². The first kappa shape index (κ1) is 14.1. The summed E-state index contributed by atoms with van der Waals surface area (Å²) in [6.07, 6.45) is 5.15. The van der Waals surface area contributed by atoms with Crippen LogP contribution in [0.15, 0.2) is 53.3 Å². The van der Waals surface area contributed by atoms with Crippen LogP contribution >= 0.6 is 15.9 Å². The number of aromatic nitrogens is 2. The fraction of sp³-hybridized carbons (Fsp3) is 0.235. The predicted octanol–water partition coefficient (Wildman–Crippen LogP) is 4.82. The molecule has 4 heteroatoms. The Hall–Kier alpha value is -1.81. The number of fused-ring (bicyclic) bond motifs is 1. The molecule has 3 rings (SSSR count). The highest BCUT2D eigenvalue weighted by Crippen LogP contribution is 2.30. The molecule has 0 aliphatic rings. The minimum atomic E-state index is 0.787. The molecular weight excluding hydrogens is 326 g/mol. The number of hydrogen-bond acceptors (Lipinski definition) is 2. The second kappa shape index (κ2) is 6.31. The van der Waals surface area contributed by atoms with Gasteiger partial charge in [0.15, 0.2) is 0 Å². The Morgan fingerprint density at radius 2 is 1.95 bits per heavy atom. The van der Waals surface area contributed by atoms with Crippen LogP contribution in [-0.2, 0) is 13.1 Å². The molecular formula is C17H18BrN3. The van der Waals surface area contributed by atoms with E-state index in [9.17, 15) is 0 Å². The molecule has 2 aromatic carbocycles. The third-order valence-corrected chi connectivity index (χ3v) is 4.18. The maximum atomic E-state index is 4.36. The van der Waals surface area contributed by atoms with Gasteiger partial charge in [0.25, 0.3) is 0 Å². The molecule has 0 amide bonds. The monoisotopic (exact) mass is 343 g/mol. The zero-order valence-electron chi connectivity index (χ0n) is 12.0. The summed E-state index contributed by atoms with van der Waals surface area (Å²) < 4.78 is 3.12. The molecule has 108 valence electrons. The van der Waals surface area contributed by atoms with Crippen molar-refractivity contribution in [3.63, 3.8) is 0 Å². The van der Waals surface area contributed by atoms with E-state index in [-0.39, 0.29) is 0 Å². The van der Waals surface area contributed by atoms with Crippen LogP contribution in [0.4, 0.5) is 5.69 Å². The molecule has 1 aromatic heterocycles. The summed E-state index contributed by atoms with van der Waals surface area (Å²) in [6.45, 7) is 3.92. The van der Waals surface area contributed by atoms with Crippen LogP contribution in [0, 0.1) is 0 Å². The van der Waals surface area contributed by atoms with Crippen molar-refractivity contribution < 1.29 is 0 Å². The zero-order chi connectivity index (χ0) is 14.7. The van der Waals surface area contributed by atoms with Gasteiger partial charge in [0.1, 0.15) is 0 Å². The molecule has 21 heavy (non-hydrogen) atoms. The second-order valence-corrected chi connectivity index (χ2v) is 5.96. The van der Waals surface area contributed by atoms with Crippen LogP contribution < -0.4 is 5.32 Å². The molecule has 0 fully saturated rings. The van der Waals surface area contributed by atoms with E-state index in [1.807, 2.05) is 10.9 Å². The van der Waals surface area contributed by atoms with Crippen LogP contribution in [0.3, 0.4) is 0 Å². The molecule has 0 saturated heterocycles. The van der Waals surface area contributed by atoms with Crippen LogP contribution in [0.5, 0.6) is 0 Å². The van der Waals surface area contributed by atoms with Crippen molar-refractivity contribution in [2.24, 2.45) is 0 Å². The maximum Gasteiger partial charge on any atom is 0.0539 e. The number of anilines is 1. The van der Waals surface area contributed by atoms with E-state index < -0.39 is 0 Å². The number of benzene rings is 2. The van der Waals surface area contributed by atoms with Gasteiger partial charge < -0.3 is 5.32 Å². The van der Waals surface area contributed by atoms with E-state index in [1.54, 1.807) is 0 Å². The van der Waals surface area contributed by atoms with Crippen molar-refractivity contribution in [2.45, 2.75) is 26.4 Å². The Kier molecular flexibility index (Phi) is 4.25. The summed E-state index contributed by atoms with van der Waals surface area (Å²) in [5.41, 5.74) is 2.35. The van der Waals surface area contributed by atoms with Gasteiger partial charge in [0.05, 0.1) is 6.20 Å². The highest BCUT2D eigenvalue weighted by molar-refractivity contribution is 9.10. The molecule has 1 heterocycles. The fourth-order valence-corrected chi connectivity index (χ4v) is 2.94. The molecule has 0 unspecified atom stereocenters. The van der Waals surface area contributed by atoms with E-state index in [1.165, 1.54) is 16.3 Å². The number of nitrogens with one attached hydrogen (secondary N) is 1. The van der Waals surface area contributed by atoms with Crippen LogP contribution in [0.1, 0.15) is 18.9 Å². The van der Waals surface area contributed by atoms with Crippen LogP contribution in [0.2, 0.25) is 0 Å². The maximum absolute atomic E-state index is 4.36. The first-order valence-electron chi connectivity index (χ1n) is 7.20. The van der Waals surface area contributed by atoms with Gasteiger partial charge in [-0.15, -0.1) is 0 Å². The summed E-state index contributed by atoms with van der Waals surface area (Å²) in [7, 11) is 0. The molecule has 0 saturated carbocycles. The predicted molar refractivity (Wildman–Crippen MR) is 91.5 cm³/mol. The van der Waals surface area contributed by atoms with Gasteiger partial charge in [-0.25, -0.2) is 0 Å². The highest BCUT2D eigenvalue weighted by atomic mass is 79.9. The van der Waals surface area contributed by atoms with Crippen molar-refractivity contribution in [1.82, 2.24) is 9.78 Å². The van der Waals surface area contributed by atoms with Gasteiger partial charge in [-0.3, -0.25) is 4.68 Å². The van der Waals surface area contributed by atoms with Crippen molar-refractivity contribution in [3.05, 3.63) is 58.8 Å². The average molecular weight is 344 g/mol. The molecule has 0 bridgehead atoms. The van der Waals surface area contributed by atoms with Gasteiger partial charge >= 0.3 is 0 Å². The number of rotatable bonds is 5. The Morgan fingerprint density at radius 1 is 1.14 bits per heavy atom. The first-order valence-corrected chi connectivity index (χ1v) is 7.99. The van der Waals surface area contributed by atoms with E-state index >= 15 is 0 Å². The third-order valence-electron chi connectivity index (χ3n) is 3.49. The standard InChI is InChI=1S/C17H18BrN3/c1-2-9-21-12-13(11-20-21)10-19-17-8-7-16(18)14-5-3-4-6-15(14)17/h3-8,11-12,19H,2,9-10H2,1H3. The lowest BCUT2D eigenvalue weighted by Crippen LogP contribution is -2.00. The molecule has 1 N–H and O–H groups in total. The van der Waals surface area contributed by atoms with Crippen molar-refractivity contribution in [3.8, 4) is 0 Å². The Labute approximate surface area is 133 Å². The highest BCUT2D eigenvalue weighted by Gasteiger charge is 2.04. The second-order valence-electron chi connectivity index (χ2n) is 5.11. The lowest BCUT2D eigenvalue weighted by Gasteiger charge is -2.10. The van der Waals surface area contributed by atoms with E-state index in [4.69, 9.17) is 0 Å².